The van der Waals surface area contributed by atoms with Gasteiger partial charge in [0.05, 0.1) is 0 Å². The third-order valence-corrected chi connectivity index (χ3v) is 4.14. The van der Waals surface area contributed by atoms with Crippen molar-refractivity contribution in [1.82, 2.24) is 15.1 Å². The van der Waals surface area contributed by atoms with Crippen LogP contribution in [0.15, 0.2) is 0 Å². The van der Waals surface area contributed by atoms with Gasteiger partial charge in [0.25, 0.3) is 0 Å². The quantitative estimate of drug-likeness (QED) is 0.666. The van der Waals surface area contributed by atoms with Gasteiger partial charge in [-0.15, -0.1) is 0 Å². The van der Waals surface area contributed by atoms with Crippen molar-refractivity contribution in [1.29, 1.82) is 0 Å². The normalized spacial score (nSPS) is 17.3. The Morgan fingerprint density at radius 3 is 2.00 bits per heavy atom. The lowest BCUT2D eigenvalue weighted by molar-refractivity contribution is 0.102. The molecule has 0 heterocycles. The van der Waals surface area contributed by atoms with Crippen molar-refractivity contribution in [2.45, 2.75) is 72.9 Å². The first-order chi connectivity index (χ1) is 9.53. The van der Waals surface area contributed by atoms with Gasteiger partial charge in [0.2, 0.25) is 0 Å². The average molecular weight is 300 g/mol. The Morgan fingerprint density at radius 2 is 1.62 bits per heavy atom. The molecule has 0 aromatic carbocycles. The second-order valence-corrected chi connectivity index (χ2v) is 8.34. The summed E-state index contributed by atoms with van der Waals surface area (Å²) in [7, 11) is 4.33. The Bertz CT molecular complexity index is 270. The van der Waals surface area contributed by atoms with Gasteiger partial charge >= 0.3 is 0 Å². The van der Waals surface area contributed by atoms with Crippen molar-refractivity contribution < 1.29 is 0 Å². The molecule has 1 N–H and O–H groups in total. The van der Waals surface area contributed by atoms with Crippen LogP contribution < -0.4 is 5.32 Å². The number of likely N-dealkylation sites (N-methyl/N-ethyl adjacent to an activating group) is 2. The maximum Gasteiger partial charge on any atom is 0.0194 e. The first-order valence-electron chi connectivity index (χ1n) is 8.67. The maximum absolute atomic E-state index is 3.72. The molecule has 0 amide bonds. The van der Waals surface area contributed by atoms with Gasteiger partial charge in [-0.05, 0) is 60.2 Å². The van der Waals surface area contributed by atoms with Crippen LogP contribution in [0, 0.1) is 5.41 Å². The van der Waals surface area contributed by atoms with E-state index in [-0.39, 0.29) is 5.54 Å². The van der Waals surface area contributed by atoms with E-state index in [1.165, 1.54) is 19.4 Å². The number of rotatable bonds is 10. The van der Waals surface area contributed by atoms with Crippen LogP contribution in [-0.4, -0.2) is 61.7 Å². The van der Waals surface area contributed by atoms with Crippen LogP contribution in [0.25, 0.3) is 0 Å². The first kappa shape index (κ1) is 20.9. The summed E-state index contributed by atoms with van der Waals surface area (Å²) < 4.78 is 0. The van der Waals surface area contributed by atoms with E-state index in [4.69, 9.17) is 0 Å². The average Bonchev–Trinajstić information content (AvgIpc) is 2.32. The van der Waals surface area contributed by atoms with Crippen LogP contribution in [0.5, 0.6) is 0 Å². The lowest BCUT2D eigenvalue weighted by Crippen LogP contribution is -2.50. The van der Waals surface area contributed by atoms with Crippen LogP contribution in [-0.2, 0) is 0 Å². The Hall–Kier alpha value is -0.120. The first-order valence-corrected chi connectivity index (χ1v) is 8.67. The molecule has 0 saturated carbocycles. The van der Waals surface area contributed by atoms with Crippen molar-refractivity contribution in [3.8, 4) is 0 Å². The molecule has 0 bridgehead atoms. The lowest BCUT2D eigenvalue weighted by atomic mass is 9.83. The Kier molecular flexibility index (Phi) is 9.06. The van der Waals surface area contributed by atoms with Crippen LogP contribution in [0.4, 0.5) is 0 Å². The molecule has 0 aromatic heterocycles. The molecule has 0 radical (unpaired) electrons. The van der Waals surface area contributed by atoms with Crippen LogP contribution in [0.3, 0.4) is 0 Å². The van der Waals surface area contributed by atoms with Gasteiger partial charge in [0.15, 0.2) is 0 Å². The van der Waals surface area contributed by atoms with E-state index >= 15 is 0 Å². The van der Waals surface area contributed by atoms with Crippen molar-refractivity contribution in [3.05, 3.63) is 0 Å². The zero-order valence-electron chi connectivity index (χ0n) is 16.2. The molecule has 3 nitrogen and oxygen atoms in total. The molecule has 0 rings (SSSR count). The zero-order valence-corrected chi connectivity index (χ0v) is 16.2. The van der Waals surface area contributed by atoms with E-state index in [9.17, 15) is 0 Å². The van der Waals surface area contributed by atoms with Gasteiger partial charge in [0.1, 0.15) is 0 Å². The summed E-state index contributed by atoms with van der Waals surface area (Å²) in [5, 5.41) is 3.72. The van der Waals surface area contributed by atoms with E-state index in [1.807, 2.05) is 0 Å². The summed E-state index contributed by atoms with van der Waals surface area (Å²) >= 11 is 0. The molecule has 2 atom stereocenters. The minimum atomic E-state index is 0.196. The highest BCUT2D eigenvalue weighted by Gasteiger charge is 2.29. The smallest absolute Gasteiger partial charge is 0.0194 e. The Morgan fingerprint density at radius 1 is 1.05 bits per heavy atom. The predicted molar refractivity (Wildman–Crippen MR) is 96.0 cm³/mol. The third kappa shape index (κ3) is 9.49. The minimum Gasteiger partial charge on any atom is -0.311 e. The number of nitrogens with one attached hydrogen (secondary N) is 1. The molecule has 3 heteroatoms. The monoisotopic (exact) mass is 299 g/mol. The van der Waals surface area contributed by atoms with E-state index in [2.05, 4.69) is 77.7 Å². The van der Waals surface area contributed by atoms with Gasteiger partial charge < -0.3 is 10.2 Å². The van der Waals surface area contributed by atoms with Gasteiger partial charge in [0, 0.05) is 31.2 Å². The predicted octanol–water partition coefficient (Wildman–Crippen LogP) is 3.45. The highest BCUT2D eigenvalue weighted by atomic mass is 15.2. The minimum absolute atomic E-state index is 0.196. The summed E-state index contributed by atoms with van der Waals surface area (Å²) in [6, 6.07) is 0.607. The molecule has 2 unspecified atom stereocenters. The molecule has 0 fully saturated rings. The van der Waals surface area contributed by atoms with Crippen molar-refractivity contribution in [2.24, 2.45) is 5.41 Å². The summed E-state index contributed by atoms with van der Waals surface area (Å²) in [5.74, 6) is 0. The highest BCUT2D eigenvalue weighted by Crippen LogP contribution is 2.26. The largest absolute Gasteiger partial charge is 0.311 e. The zero-order chi connectivity index (χ0) is 16.7. The SMILES string of the molecule is CCCC(C)(CNC(C)(C)C)CN(CC)C(C)CN(C)C. The Labute approximate surface area is 134 Å². The van der Waals surface area contributed by atoms with Crippen LogP contribution in [0.1, 0.15) is 61.3 Å². The number of hydrogen-bond donors (Lipinski definition) is 1. The van der Waals surface area contributed by atoms with Gasteiger partial charge in [-0.2, -0.15) is 0 Å². The third-order valence-electron chi connectivity index (χ3n) is 4.14. The van der Waals surface area contributed by atoms with Crippen LogP contribution in [0.2, 0.25) is 0 Å². The number of nitrogens with zero attached hydrogens (tertiary/aromatic N) is 2. The molecule has 0 spiro atoms. The Balaban J connectivity index is 4.76. The van der Waals surface area contributed by atoms with E-state index in [0.29, 0.717) is 11.5 Å². The van der Waals surface area contributed by atoms with Gasteiger partial charge in [-0.3, -0.25) is 4.90 Å². The molecule has 128 valence electrons. The van der Waals surface area contributed by atoms with E-state index < -0.39 is 0 Å². The summed E-state index contributed by atoms with van der Waals surface area (Å²) in [6.07, 6.45) is 2.53. The van der Waals surface area contributed by atoms with Gasteiger partial charge in [-0.1, -0.05) is 27.2 Å². The van der Waals surface area contributed by atoms with Crippen molar-refractivity contribution in [2.75, 3.05) is 40.3 Å². The fraction of sp³-hybridized carbons (Fsp3) is 1.00. The molecule has 0 aliphatic heterocycles. The van der Waals surface area contributed by atoms with Gasteiger partial charge in [-0.25, -0.2) is 0 Å². The topological polar surface area (TPSA) is 18.5 Å². The molecule has 0 aliphatic rings. The standard InChI is InChI=1S/C18H41N3/c1-10-12-18(7,14-19-17(4,5)6)15-21(11-2)16(3)13-20(8)9/h16,19H,10-15H2,1-9H3. The summed E-state index contributed by atoms with van der Waals surface area (Å²) in [5.41, 5.74) is 0.542. The maximum atomic E-state index is 3.72. The lowest BCUT2D eigenvalue weighted by Gasteiger charge is -2.40. The molecule has 0 aliphatic carbocycles. The highest BCUT2D eigenvalue weighted by molar-refractivity contribution is 4.85. The molecular weight excluding hydrogens is 258 g/mol. The van der Waals surface area contributed by atoms with Crippen molar-refractivity contribution in [3.63, 3.8) is 0 Å². The number of hydrogen-bond acceptors (Lipinski definition) is 3. The van der Waals surface area contributed by atoms with E-state index in [1.54, 1.807) is 0 Å². The molecule has 0 aromatic rings. The van der Waals surface area contributed by atoms with E-state index in [0.717, 1.165) is 19.6 Å². The second kappa shape index (κ2) is 9.12. The molecule has 21 heavy (non-hydrogen) atoms. The fourth-order valence-corrected chi connectivity index (χ4v) is 3.02. The molecular formula is C18H41N3. The fourth-order valence-electron chi connectivity index (χ4n) is 3.02. The van der Waals surface area contributed by atoms with Crippen LogP contribution >= 0.6 is 0 Å². The second-order valence-electron chi connectivity index (χ2n) is 8.34. The van der Waals surface area contributed by atoms with Crippen molar-refractivity contribution >= 4 is 0 Å². The summed E-state index contributed by atoms with van der Waals surface area (Å²) in [6.45, 7) is 20.7. The summed E-state index contributed by atoms with van der Waals surface area (Å²) in [4.78, 5) is 4.93. The molecule has 0 saturated heterocycles.